The van der Waals surface area contributed by atoms with Crippen LogP contribution < -0.4 is 10.1 Å². The number of hydrogen-bond acceptors (Lipinski definition) is 5. The van der Waals surface area contributed by atoms with Crippen LogP contribution in [0, 0.1) is 5.82 Å². The van der Waals surface area contributed by atoms with Gasteiger partial charge in [-0.25, -0.2) is 4.39 Å². The Kier molecular flexibility index (Phi) is 7.31. The number of carbonyl (C=O) groups is 3. The van der Waals surface area contributed by atoms with E-state index in [1.165, 1.54) is 37.4 Å². The number of nitrogens with one attached hydrogen (secondary N) is 1. The maximum absolute atomic E-state index is 12.8. The number of methoxy groups -OCH3 is 1. The van der Waals surface area contributed by atoms with Gasteiger partial charge in [-0.15, -0.1) is 0 Å². The molecular weight excluding hydrogens is 377 g/mol. The summed E-state index contributed by atoms with van der Waals surface area (Å²) in [6, 6.07) is 9.71. The van der Waals surface area contributed by atoms with Crippen molar-refractivity contribution in [3.05, 3.63) is 58.9 Å². The number of rotatable bonds is 8. The molecule has 0 bridgehead atoms. The van der Waals surface area contributed by atoms with Gasteiger partial charge in [0.1, 0.15) is 11.6 Å². The molecule has 2 aromatic rings. The summed E-state index contributed by atoms with van der Waals surface area (Å²) in [6.07, 6.45) is -0.293. The van der Waals surface area contributed by atoms with E-state index >= 15 is 0 Å². The lowest BCUT2D eigenvalue weighted by Gasteiger charge is -2.10. The second-order valence-electron chi connectivity index (χ2n) is 5.48. The molecule has 0 aliphatic rings. The molecule has 6 nitrogen and oxygen atoms in total. The number of benzene rings is 2. The number of hydrogen-bond donors (Lipinski definition) is 1. The first-order chi connectivity index (χ1) is 12.9. The van der Waals surface area contributed by atoms with Crippen molar-refractivity contribution in [3.8, 4) is 5.75 Å². The second-order valence-corrected chi connectivity index (χ2v) is 5.92. The summed E-state index contributed by atoms with van der Waals surface area (Å²) >= 11 is 5.87. The van der Waals surface area contributed by atoms with Gasteiger partial charge in [-0.1, -0.05) is 11.6 Å². The first kappa shape index (κ1) is 20.4. The molecule has 27 heavy (non-hydrogen) atoms. The van der Waals surface area contributed by atoms with Crippen LogP contribution in [0.5, 0.6) is 5.75 Å². The van der Waals surface area contributed by atoms with E-state index in [2.05, 4.69) is 5.32 Å². The zero-order chi connectivity index (χ0) is 19.8. The molecule has 0 aromatic heterocycles. The van der Waals surface area contributed by atoms with Crippen molar-refractivity contribution < 1.29 is 28.2 Å². The molecule has 2 rings (SSSR count). The summed E-state index contributed by atoms with van der Waals surface area (Å²) in [5, 5.41) is 2.93. The fourth-order valence-electron chi connectivity index (χ4n) is 2.18. The molecule has 0 fully saturated rings. The van der Waals surface area contributed by atoms with E-state index in [9.17, 15) is 18.8 Å². The minimum atomic E-state index is -0.696. The van der Waals surface area contributed by atoms with Crippen LogP contribution in [0.2, 0.25) is 5.02 Å². The lowest BCUT2D eigenvalue weighted by atomic mass is 10.1. The van der Waals surface area contributed by atoms with Crippen LogP contribution >= 0.6 is 11.6 Å². The Labute approximate surface area is 160 Å². The number of amides is 1. The molecule has 0 heterocycles. The van der Waals surface area contributed by atoms with E-state index < -0.39 is 24.3 Å². The largest absolute Gasteiger partial charge is 0.495 e. The second kappa shape index (κ2) is 9.68. The first-order valence-corrected chi connectivity index (χ1v) is 8.34. The molecule has 2 aromatic carbocycles. The monoisotopic (exact) mass is 393 g/mol. The van der Waals surface area contributed by atoms with Crippen molar-refractivity contribution in [3.63, 3.8) is 0 Å². The minimum absolute atomic E-state index is 0.103. The summed E-state index contributed by atoms with van der Waals surface area (Å²) in [4.78, 5) is 35.5. The van der Waals surface area contributed by atoms with Crippen molar-refractivity contribution in [1.29, 1.82) is 0 Å². The lowest BCUT2D eigenvalue weighted by molar-refractivity contribution is -0.147. The number of Topliss-reactive ketones (excluding diaryl/α,β-unsaturated/α-hetero) is 1. The fraction of sp³-hybridized carbons (Fsp3) is 0.211. The molecule has 1 N–H and O–H groups in total. The van der Waals surface area contributed by atoms with Crippen molar-refractivity contribution >= 4 is 34.9 Å². The molecule has 0 saturated heterocycles. The molecule has 0 saturated carbocycles. The average Bonchev–Trinajstić information content (AvgIpc) is 2.65. The summed E-state index contributed by atoms with van der Waals surface area (Å²) in [5.74, 6) is -1.63. The van der Waals surface area contributed by atoms with Gasteiger partial charge < -0.3 is 14.8 Å². The molecule has 142 valence electrons. The van der Waals surface area contributed by atoms with Crippen molar-refractivity contribution in [2.75, 3.05) is 19.0 Å². The highest BCUT2D eigenvalue weighted by molar-refractivity contribution is 6.31. The van der Waals surface area contributed by atoms with Crippen molar-refractivity contribution in [1.82, 2.24) is 0 Å². The van der Waals surface area contributed by atoms with Crippen molar-refractivity contribution in [2.24, 2.45) is 0 Å². The van der Waals surface area contributed by atoms with E-state index in [0.717, 1.165) is 0 Å². The molecule has 0 radical (unpaired) electrons. The van der Waals surface area contributed by atoms with Gasteiger partial charge in [0.15, 0.2) is 12.4 Å². The number of halogens is 2. The van der Waals surface area contributed by atoms with Gasteiger partial charge in [0.05, 0.1) is 19.2 Å². The number of ketones is 1. The fourth-order valence-corrected chi connectivity index (χ4v) is 2.35. The minimum Gasteiger partial charge on any atom is -0.495 e. The highest BCUT2D eigenvalue weighted by atomic mass is 35.5. The number of carbonyl (C=O) groups excluding carboxylic acids is 3. The van der Waals surface area contributed by atoms with E-state index in [0.29, 0.717) is 22.0 Å². The Hall–Kier alpha value is -2.93. The van der Waals surface area contributed by atoms with Crippen LogP contribution in [0.25, 0.3) is 0 Å². The molecule has 0 atom stereocenters. The van der Waals surface area contributed by atoms with Gasteiger partial charge >= 0.3 is 5.97 Å². The third kappa shape index (κ3) is 6.38. The first-order valence-electron chi connectivity index (χ1n) is 7.97. The lowest BCUT2D eigenvalue weighted by Crippen LogP contribution is -2.21. The average molecular weight is 394 g/mol. The molecular formula is C19H17ClFNO5. The van der Waals surface area contributed by atoms with Crippen LogP contribution in [-0.4, -0.2) is 31.4 Å². The zero-order valence-electron chi connectivity index (χ0n) is 14.5. The van der Waals surface area contributed by atoms with Crippen molar-refractivity contribution in [2.45, 2.75) is 12.8 Å². The van der Waals surface area contributed by atoms with Gasteiger partial charge in [0, 0.05) is 17.0 Å². The standard InChI is InChI=1S/C19H17ClFNO5/c1-26-17-8-4-13(20)10-15(17)22-18(24)11-27-19(25)9-7-16(23)12-2-5-14(21)6-3-12/h2-6,8,10H,7,9,11H2,1H3,(H,22,24). The van der Waals surface area contributed by atoms with Gasteiger partial charge in [0.2, 0.25) is 0 Å². The molecule has 0 aliphatic heterocycles. The van der Waals surface area contributed by atoms with Crippen LogP contribution in [0.1, 0.15) is 23.2 Å². The highest BCUT2D eigenvalue weighted by Crippen LogP contribution is 2.27. The predicted octanol–water partition coefficient (Wildman–Crippen LogP) is 3.63. The SMILES string of the molecule is COc1ccc(Cl)cc1NC(=O)COC(=O)CCC(=O)c1ccc(F)cc1. The van der Waals surface area contributed by atoms with E-state index in [-0.39, 0.29) is 18.6 Å². The van der Waals surface area contributed by atoms with Crippen LogP contribution in [-0.2, 0) is 14.3 Å². The number of anilines is 1. The Balaban J connectivity index is 1.78. The third-order valence-electron chi connectivity index (χ3n) is 3.52. The Morgan fingerprint density at radius 2 is 1.78 bits per heavy atom. The van der Waals surface area contributed by atoms with Gasteiger partial charge in [-0.2, -0.15) is 0 Å². The smallest absolute Gasteiger partial charge is 0.306 e. The summed E-state index contributed by atoms with van der Waals surface area (Å²) in [7, 11) is 1.44. The molecule has 0 unspecified atom stereocenters. The van der Waals surface area contributed by atoms with Crippen LogP contribution in [0.15, 0.2) is 42.5 Å². The maximum Gasteiger partial charge on any atom is 0.306 e. The molecule has 8 heteroatoms. The van der Waals surface area contributed by atoms with Gasteiger partial charge in [-0.05, 0) is 42.5 Å². The summed E-state index contributed by atoms with van der Waals surface area (Å²) in [6.45, 7) is -0.515. The highest BCUT2D eigenvalue weighted by Gasteiger charge is 2.13. The summed E-state index contributed by atoms with van der Waals surface area (Å²) in [5.41, 5.74) is 0.646. The zero-order valence-corrected chi connectivity index (χ0v) is 15.2. The Bertz CT molecular complexity index is 838. The Morgan fingerprint density at radius 3 is 2.44 bits per heavy atom. The van der Waals surface area contributed by atoms with Gasteiger partial charge in [0.25, 0.3) is 5.91 Å². The van der Waals surface area contributed by atoms with Crippen LogP contribution in [0.3, 0.4) is 0 Å². The van der Waals surface area contributed by atoms with Crippen LogP contribution in [0.4, 0.5) is 10.1 Å². The number of esters is 1. The third-order valence-corrected chi connectivity index (χ3v) is 3.76. The van der Waals surface area contributed by atoms with E-state index in [1.807, 2.05) is 0 Å². The molecule has 1 amide bonds. The number of ether oxygens (including phenoxy) is 2. The maximum atomic E-state index is 12.8. The molecule has 0 spiro atoms. The Morgan fingerprint density at radius 1 is 1.07 bits per heavy atom. The topological polar surface area (TPSA) is 81.7 Å². The molecule has 0 aliphatic carbocycles. The van der Waals surface area contributed by atoms with E-state index in [1.54, 1.807) is 12.1 Å². The van der Waals surface area contributed by atoms with E-state index in [4.69, 9.17) is 21.1 Å². The quantitative estimate of drug-likeness (QED) is 0.547. The predicted molar refractivity (Wildman–Crippen MR) is 97.6 cm³/mol. The summed E-state index contributed by atoms with van der Waals surface area (Å²) < 4.78 is 22.8. The van der Waals surface area contributed by atoms with Gasteiger partial charge in [-0.3, -0.25) is 14.4 Å². The normalized spacial score (nSPS) is 10.2.